The molecule has 3 rings (SSSR count). The number of ether oxygens (including phenoxy) is 1. The highest BCUT2D eigenvalue weighted by Gasteiger charge is 2.32. The number of piperidine rings is 1. The molecule has 1 saturated heterocycles. The Morgan fingerprint density at radius 1 is 1.34 bits per heavy atom. The zero-order valence-corrected chi connectivity index (χ0v) is 17.3. The molecule has 9 nitrogen and oxygen atoms in total. The van der Waals surface area contributed by atoms with Gasteiger partial charge in [0.15, 0.2) is 5.65 Å². The van der Waals surface area contributed by atoms with Crippen LogP contribution in [-0.4, -0.2) is 48.8 Å². The molecule has 1 amide bonds. The SMILES string of the molecule is Cc1nc2cc(C3CCCCN3C(=O)OC(C)(C)C)[nH]n2c(=O)c1CCC(=O)O. The molecule has 0 saturated carbocycles. The predicted octanol–water partition coefficient (Wildman–Crippen LogP) is 2.81. The minimum absolute atomic E-state index is 0.123. The molecule has 1 unspecified atom stereocenters. The molecule has 1 aliphatic heterocycles. The fourth-order valence-corrected chi connectivity index (χ4v) is 3.67. The van der Waals surface area contributed by atoms with Gasteiger partial charge in [-0.25, -0.2) is 14.3 Å². The van der Waals surface area contributed by atoms with Crippen LogP contribution in [0.4, 0.5) is 4.79 Å². The van der Waals surface area contributed by atoms with Gasteiger partial charge in [0, 0.05) is 30.3 Å². The number of nitrogens with zero attached hydrogens (tertiary/aromatic N) is 3. The fraction of sp³-hybridized carbons (Fsp3) is 0.600. The lowest BCUT2D eigenvalue weighted by atomic mass is 10.00. The molecule has 2 N–H and O–H groups in total. The Kier molecular flexibility index (Phi) is 5.68. The molecular formula is C20H28N4O5. The number of aryl methyl sites for hydroxylation is 1. The number of rotatable bonds is 4. The Morgan fingerprint density at radius 2 is 2.07 bits per heavy atom. The summed E-state index contributed by atoms with van der Waals surface area (Å²) in [5, 5.41) is 12.0. The summed E-state index contributed by atoms with van der Waals surface area (Å²) >= 11 is 0. The summed E-state index contributed by atoms with van der Waals surface area (Å²) in [6.07, 6.45) is 2.23. The molecule has 29 heavy (non-hydrogen) atoms. The van der Waals surface area contributed by atoms with Gasteiger partial charge >= 0.3 is 12.1 Å². The first-order valence-corrected chi connectivity index (χ1v) is 9.89. The van der Waals surface area contributed by atoms with Crippen molar-refractivity contribution in [2.45, 2.75) is 71.4 Å². The van der Waals surface area contributed by atoms with Crippen molar-refractivity contribution in [3.05, 3.63) is 33.4 Å². The van der Waals surface area contributed by atoms with E-state index in [1.807, 2.05) is 20.8 Å². The predicted molar refractivity (Wildman–Crippen MR) is 106 cm³/mol. The second-order valence-electron chi connectivity index (χ2n) is 8.47. The third-order valence-electron chi connectivity index (χ3n) is 5.01. The first kappa shape index (κ1) is 20.9. The van der Waals surface area contributed by atoms with Crippen LogP contribution >= 0.6 is 0 Å². The molecule has 3 heterocycles. The zero-order chi connectivity index (χ0) is 21.3. The number of H-pyrrole nitrogens is 1. The summed E-state index contributed by atoms with van der Waals surface area (Å²) in [4.78, 5) is 42.6. The highest BCUT2D eigenvalue weighted by Crippen LogP contribution is 2.31. The number of fused-ring (bicyclic) bond motifs is 1. The Hall–Kier alpha value is -2.84. The van der Waals surface area contributed by atoms with E-state index in [-0.39, 0.29) is 30.5 Å². The van der Waals surface area contributed by atoms with Gasteiger partial charge in [0.05, 0.1) is 11.7 Å². The first-order valence-electron chi connectivity index (χ1n) is 9.89. The van der Waals surface area contributed by atoms with E-state index in [4.69, 9.17) is 9.84 Å². The molecule has 0 bridgehead atoms. The lowest BCUT2D eigenvalue weighted by molar-refractivity contribution is -0.136. The molecule has 2 aromatic heterocycles. The minimum atomic E-state index is -0.962. The van der Waals surface area contributed by atoms with Crippen LogP contribution in [-0.2, 0) is 16.0 Å². The molecule has 1 atom stereocenters. The van der Waals surface area contributed by atoms with Gasteiger partial charge in [-0.3, -0.25) is 19.6 Å². The van der Waals surface area contributed by atoms with E-state index in [0.29, 0.717) is 23.4 Å². The van der Waals surface area contributed by atoms with E-state index < -0.39 is 11.6 Å². The van der Waals surface area contributed by atoms with Gasteiger partial charge in [0.25, 0.3) is 5.56 Å². The van der Waals surface area contributed by atoms with Crippen molar-refractivity contribution in [1.29, 1.82) is 0 Å². The lowest BCUT2D eigenvalue weighted by Crippen LogP contribution is -2.42. The molecule has 0 radical (unpaired) electrons. The van der Waals surface area contributed by atoms with E-state index in [0.717, 1.165) is 25.0 Å². The first-order chi connectivity index (χ1) is 13.6. The Labute approximate surface area is 168 Å². The second-order valence-corrected chi connectivity index (χ2v) is 8.47. The fourth-order valence-electron chi connectivity index (χ4n) is 3.67. The van der Waals surface area contributed by atoms with Crippen LogP contribution in [0.1, 0.15) is 69.4 Å². The number of carbonyl (C=O) groups is 2. The number of hydrogen-bond donors (Lipinski definition) is 2. The van der Waals surface area contributed by atoms with Gasteiger partial charge in [0.1, 0.15) is 5.60 Å². The van der Waals surface area contributed by atoms with E-state index >= 15 is 0 Å². The Morgan fingerprint density at radius 3 is 2.72 bits per heavy atom. The number of amides is 1. The Balaban J connectivity index is 1.96. The smallest absolute Gasteiger partial charge is 0.410 e. The number of aliphatic carboxylic acids is 1. The van der Waals surface area contributed by atoms with Crippen molar-refractivity contribution in [2.24, 2.45) is 0 Å². The number of hydrogen-bond acceptors (Lipinski definition) is 5. The summed E-state index contributed by atoms with van der Waals surface area (Å²) in [5.74, 6) is -0.962. The van der Waals surface area contributed by atoms with Gasteiger partial charge in [-0.1, -0.05) is 0 Å². The summed E-state index contributed by atoms with van der Waals surface area (Å²) in [7, 11) is 0. The van der Waals surface area contributed by atoms with Crippen LogP contribution in [0.5, 0.6) is 0 Å². The number of aromatic nitrogens is 3. The Bertz CT molecular complexity index is 985. The van der Waals surface area contributed by atoms with Crippen molar-refractivity contribution in [1.82, 2.24) is 19.5 Å². The normalized spacial score (nSPS) is 17.5. The van der Waals surface area contributed by atoms with Crippen LogP contribution in [0.2, 0.25) is 0 Å². The summed E-state index contributed by atoms with van der Waals surface area (Å²) in [6, 6.07) is 1.55. The number of carboxylic acids is 1. The van der Waals surface area contributed by atoms with Crippen LogP contribution in [0.25, 0.3) is 5.65 Å². The van der Waals surface area contributed by atoms with Crippen molar-refractivity contribution in [2.75, 3.05) is 6.54 Å². The standard InChI is InChI=1S/C20H28N4O5/c1-12-13(8-9-17(25)26)18(27)24-16(21-12)11-14(22-24)15-7-5-6-10-23(15)19(28)29-20(2,3)4/h11,15,22H,5-10H2,1-4H3,(H,25,26). The van der Waals surface area contributed by atoms with Crippen molar-refractivity contribution in [3.63, 3.8) is 0 Å². The second kappa shape index (κ2) is 7.88. The highest BCUT2D eigenvalue weighted by atomic mass is 16.6. The molecule has 0 aromatic carbocycles. The maximum atomic E-state index is 12.9. The van der Waals surface area contributed by atoms with Crippen LogP contribution < -0.4 is 5.56 Å². The molecule has 1 fully saturated rings. The number of carboxylic acid groups (broad SMARTS) is 1. The number of aromatic amines is 1. The molecule has 2 aromatic rings. The quantitative estimate of drug-likeness (QED) is 0.809. The highest BCUT2D eigenvalue weighted by molar-refractivity contribution is 5.69. The van der Waals surface area contributed by atoms with E-state index in [1.165, 1.54) is 4.52 Å². The molecule has 9 heteroatoms. The average molecular weight is 404 g/mol. The van der Waals surface area contributed by atoms with Crippen LogP contribution in [0, 0.1) is 6.92 Å². The monoisotopic (exact) mass is 404 g/mol. The molecule has 0 spiro atoms. The number of likely N-dealkylation sites (tertiary alicyclic amines) is 1. The summed E-state index contributed by atoms with van der Waals surface area (Å²) < 4.78 is 6.89. The van der Waals surface area contributed by atoms with E-state index in [9.17, 15) is 14.4 Å². The summed E-state index contributed by atoms with van der Waals surface area (Å²) in [6.45, 7) is 7.78. The average Bonchev–Trinajstić information content (AvgIpc) is 3.04. The zero-order valence-electron chi connectivity index (χ0n) is 17.3. The third kappa shape index (κ3) is 4.60. The lowest BCUT2D eigenvalue weighted by Gasteiger charge is -2.36. The maximum absolute atomic E-state index is 12.9. The van der Waals surface area contributed by atoms with Crippen LogP contribution in [0.15, 0.2) is 10.9 Å². The number of carbonyl (C=O) groups excluding carboxylic acids is 1. The van der Waals surface area contributed by atoms with E-state index in [1.54, 1.807) is 17.9 Å². The van der Waals surface area contributed by atoms with Gasteiger partial charge in [-0.2, -0.15) is 0 Å². The van der Waals surface area contributed by atoms with Gasteiger partial charge in [-0.15, -0.1) is 0 Å². The topological polar surface area (TPSA) is 117 Å². The van der Waals surface area contributed by atoms with Crippen molar-refractivity contribution < 1.29 is 19.4 Å². The van der Waals surface area contributed by atoms with Crippen molar-refractivity contribution in [3.8, 4) is 0 Å². The van der Waals surface area contributed by atoms with Gasteiger partial charge in [-0.05, 0) is 53.4 Å². The molecule has 0 aliphatic carbocycles. The number of nitrogens with one attached hydrogen (secondary N) is 1. The van der Waals surface area contributed by atoms with Gasteiger partial charge in [0.2, 0.25) is 0 Å². The van der Waals surface area contributed by atoms with Gasteiger partial charge < -0.3 is 9.84 Å². The molecular weight excluding hydrogens is 376 g/mol. The molecule has 1 aliphatic rings. The minimum Gasteiger partial charge on any atom is -0.481 e. The van der Waals surface area contributed by atoms with Crippen LogP contribution in [0.3, 0.4) is 0 Å². The maximum Gasteiger partial charge on any atom is 0.410 e. The largest absolute Gasteiger partial charge is 0.481 e. The third-order valence-corrected chi connectivity index (χ3v) is 5.01. The van der Waals surface area contributed by atoms with E-state index in [2.05, 4.69) is 10.1 Å². The van der Waals surface area contributed by atoms with Crippen molar-refractivity contribution >= 4 is 17.7 Å². The summed E-state index contributed by atoms with van der Waals surface area (Å²) in [5.41, 5.74) is 1.18. The molecule has 158 valence electrons.